The Kier molecular flexibility index (Phi) is 4.95. The summed E-state index contributed by atoms with van der Waals surface area (Å²) in [5.74, 6) is 1.86. The van der Waals surface area contributed by atoms with Crippen molar-refractivity contribution in [3.05, 3.63) is 53.6 Å². The fourth-order valence-corrected chi connectivity index (χ4v) is 5.40. The zero-order chi connectivity index (χ0) is 18.9. The van der Waals surface area contributed by atoms with Gasteiger partial charge in [0, 0.05) is 26.1 Å². The number of para-hydroxylation sites is 2. The van der Waals surface area contributed by atoms with Crippen LogP contribution in [0.25, 0.3) is 10.2 Å². The second kappa shape index (κ2) is 7.72. The Balaban J connectivity index is 1.08. The van der Waals surface area contributed by atoms with E-state index in [1.807, 2.05) is 11.3 Å². The summed E-state index contributed by atoms with van der Waals surface area (Å²) in [6.45, 7) is 6.37. The number of nitrogens with one attached hydrogen (secondary N) is 1. The van der Waals surface area contributed by atoms with E-state index >= 15 is 0 Å². The number of piperidine rings is 1. The van der Waals surface area contributed by atoms with E-state index in [2.05, 4.69) is 59.6 Å². The number of rotatable bonds is 5. The highest BCUT2D eigenvalue weighted by atomic mass is 32.1. The van der Waals surface area contributed by atoms with Crippen LogP contribution in [0.5, 0.6) is 5.75 Å². The minimum absolute atomic E-state index is 0.277. The van der Waals surface area contributed by atoms with Crippen molar-refractivity contribution in [2.45, 2.75) is 32.3 Å². The highest BCUT2D eigenvalue weighted by Crippen LogP contribution is 2.32. The van der Waals surface area contributed by atoms with Crippen LogP contribution in [0.1, 0.15) is 24.0 Å². The Morgan fingerprint density at radius 1 is 1.11 bits per heavy atom. The first-order valence-electron chi connectivity index (χ1n) is 10.3. The molecule has 1 atom stereocenters. The topological polar surface area (TPSA) is 37.4 Å². The van der Waals surface area contributed by atoms with Gasteiger partial charge in [0.15, 0.2) is 5.13 Å². The number of benzene rings is 2. The summed E-state index contributed by atoms with van der Waals surface area (Å²) in [6.07, 6.45) is 3.76. The second-order valence-electron chi connectivity index (χ2n) is 8.06. The van der Waals surface area contributed by atoms with Crippen LogP contribution in [0, 0.1) is 12.8 Å². The number of ether oxygens (including phenoxy) is 1. The van der Waals surface area contributed by atoms with E-state index in [-0.39, 0.29) is 6.10 Å². The molecular weight excluding hydrogens is 366 g/mol. The van der Waals surface area contributed by atoms with Gasteiger partial charge >= 0.3 is 0 Å². The van der Waals surface area contributed by atoms with Crippen LogP contribution < -0.4 is 15.0 Å². The Labute approximate surface area is 170 Å². The molecule has 0 saturated carbocycles. The van der Waals surface area contributed by atoms with E-state index < -0.39 is 0 Å². The van der Waals surface area contributed by atoms with Gasteiger partial charge in [-0.05, 0) is 55.5 Å². The number of thiazole rings is 1. The lowest BCUT2D eigenvalue weighted by Gasteiger charge is -2.32. The Morgan fingerprint density at radius 3 is 2.79 bits per heavy atom. The minimum atomic E-state index is 0.277. The third kappa shape index (κ3) is 3.61. The molecule has 0 bridgehead atoms. The molecule has 28 heavy (non-hydrogen) atoms. The van der Waals surface area contributed by atoms with Crippen LogP contribution in [-0.4, -0.2) is 37.3 Å². The maximum Gasteiger partial charge on any atom is 0.186 e. The molecule has 0 radical (unpaired) electrons. The highest BCUT2D eigenvalue weighted by Gasteiger charge is 2.25. The van der Waals surface area contributed by atoms with E-state index in [0.717, 1.165) is 49.8 Å². The summed E-state index contributed by atoms with van der Waals surface area (Å²) in [5.41, 5.74) is 3.73. The third-order valence-corrected chi connectivity index (χ3v) is 7.10. The summed E-state index contributed by atoms with van der Waals surface area (Å²) in [5, 5.41) is 4.85. The Bertz CT molecular complexity index is 928. The van der Waals surface area contributed by atoms with Crippen LogP contribution in [0.2, 0.25) is 0 Å². The number of hydrogen-bond acceptors (Lipinski definition) is 5. The van der Waals surface area contributed by atoms with E-state index in [4.69, 9.17) is 9.72 Å². The van der Waals surface area contributed by atoms with Gasteiger partial charge in [-0.3, -0.25) is 0 Å². The first kappa shape index (κ1) is 18.0. The molecule has 1 N–H and O–H groups in total. The summed E-state index contributed by atoms with van der Waals surface area (Å²) >= 11 is 1.82. The van der Waals surface area contributed by atoms with Crippen molar-refractivity contribution in [1.82, 2.24) is 10.3 Å². The van der Waals surface area contributed by atoms with Crippen molar-refractivity contribution in [1.29, 1.82) is 0 Å². The lowest BCUT2D eigenvalue weighted by molar-refractivity contribution is 0.221. The van der Waals surface area contributed by atoms with Gasteiger partial charge in [-0.1, -0.05) is 41.7 Å². The number of fused-ring (bicyclic) bond motifs is 2. The Hall–Kier alpha value is -2.11. The first-order valence-corrected chi connectivity index (χ1v) is 11.1. The molecule has 2 aliphatic heterocycles. The Morgan fingerprint density at radius 2 is 1.96 bits per heavy atom. The molecule has 1 fully saturated rings. The fourth-order valence-electron chi connectivity index (χ4n) is 4.38. The smallest absolute Gasteiger partial charge is 0.186 e. The van der Waals surface area contributed by atoms with E-state index in [1.165, 1.54) is 33.8 Å². The first-order chi connectivity index (χ1) is 13.8. The largest absolute Gasteiger partial charge is 0.488 e. The quantitative estimate of drug-likeness (QED) is 0.697. The number of anilines is 1. The van der Waals surface area contributed by atoms with E-state index in [9.17, 15) is 0 Å². The molecule has 1 unspecified atom stereocenters. The molecule has 4 nitrogen and oxygen atoms in total. The summed E-state index contributed by atoms with van der Waals surface area (Å²) < 4.78 is 7.44. The molecule has 0 spiro atoms. The maximum absolute atomic E-state index is 6.15. The van der Waals surface area contributed by atoms with Crippen LogP contribution in [0.3, 0.4) is 0 Å². The molecule has 1 saturated heterocycles. The predicted molar refractivity (Wildman–Crippen MR) is 117 cm³/mol. The lowest BCUT2D eigenvalue weighted by atomic mass is 9.97. The number of hydrogen-bond donors (Lipinski definition) is 1. The van der Waals surface area contributed by atoms with E-state index in [1.54, 1.807) is 0 Å². The van der Waals surface area contributed by atoms with Gasteiger partial charge in [0.1, 0.15) is 11.9 Å². The molecular formula is C23H27N3OS. The average Bonchev–Trinajstić information content (AvgIpc) is 3.33. The van der Waals surface area contributed by atoms with Gasteiger partial charge in [-0.2, -0.15) is 0 Å². The molecule has 1 aromatic heterocycles. The van der Waals surface area contributed by atoms with Crippen molar-refractivity contribution >= 4 is 26.7 Å². The highest BCUT2D eigenvalue weighted by molar-refractivity contribution is 7.22. The number of aromatic nitrogens is 1. The second-order valence-corrected chi connectivity index (χ2v) is 9.07. The van der Waals surface area contributed by atoms with E-state index in [0.29, 0.717) is 0 Å². The summed E-state index contributed by atoms with van der Waals surface area (Å²) in [7, 11) is 0. The molecule has 3 aromatic rings. The van der Waals surface area contributed by atoms with Gasteiger partial charge < -0.3 is 15.0 Å². The van der Waals surface area contributed by atoms with Crippen LogP contribution in [-0.2, 0) is 6.42 Å². The maximum atomic E-state index is 6.15. The monoisotopic (exact) mass is 393 g/mol. The molecule has 2 aliphatic rings. The minimum Gasteiger partial charge on any atom is -0.488 e. The lowest BCUT2D eigenvalue weighted by Crippen LogP contribution is -2.39. The van der Waals surface area contributed by atoms with Gasteiger partial charge in [0.25, 0.3) is 0 Å². The van der Waals surface area contributed by atoms with Crippen LogP contribution in [0.15, 0.2) is 42.5 Å². The molecule has 0 aliphatic carbocycles. The van der Waals surface area contributed by atoms with Crippen molar-refractivity contribution in [3.63, 3.8) is 0 Å². The van der Waals surface area contributed by atoms with Gasteiger partial charge in [0.2, 0.25) is 0 Å². The molecule has 0 amide bonds. The molecule has 5 rings (SSSR count). The van der Waals surface area contributed by atoms with Crippen molar-refractivity contribution in [3.8, 4) is 5.75 Å². The van der Waals surface area contributed by atoms with Crippen molar-refractivity contribution < 1.29 is 4.74 Å². The fraction of sp³-hybridized carbons (Fsp3) is 0.435. The van der Waals surface area contributed by atoms with Gasteiger partial charge in [0.05, 0.1) is 10.2 Å². The number of nitrogens with zero attached hydrogens (tertiary/aromatic N) is 2. The standard InChI is InChI=1S/C23H27N3OS/c1-16-5-4-6-18-13-19(27-22(16)18)15-24-14-17-9-11-26(12-10-17)23-25-20-7-2-3-8-21(20)28-23/h2-8,17,19,24H,9-15H2,1H3. The summed E-state index contributed by atoms with van der Waals surface area (Å²) in [6, 6.07) is 14.9. The van der Waals surface area contributed by atoms with Crippen LogP contribution >= 0.6 is 11.3 Å². The number of aryl methyl sites for hydroxylation is 1. The molecule has 3 heterocycles. The zero-order valence-corrected chi connectivity index (χ0v) is 17.2. The summed E-state index contributed by atoms with van der Waals surface area (Å²) in [4.78, 5) is 7.27. The van der Waals surface area contributed by atoms with Gasteiger partial charge in [-0.15, -0.1) is 0 Å². The average molecular weight is 394 g/mol. The molecule has 2 aromatic carbocycles. The predicted octanol–water partition coefficient (Wildman–Crippen LogP) is 4.41. The van der Waals surface area contributed by atoms with Crippen molar-refractivity contribution in [2.75, 3.05) is 31.1 Å². The third-order valence-electron chi connectivity index (χ3n) is 6.00. The SMILES string of the molecule is Cc1cccc2c1OC(CNCC1CCN(c3nc4ccccc4s3)CC1)C2. The molecule has 5 heteroatoms. The van der Waals surface area contributed by atoms with Gasteiger partial charge in [-0.25, -0.2) is 4.98 Å². The normalized spacial score (nSPS) is 19.8. The van der Waals surface area contributed by atoms with Crippen LogP contribution in [0.4, 0.5) is 5.13 Å². The molecule has 146 valence electrons. The van der Waals surface area contributed by atoms with Crippen molar-refractivity contribution in [2.24, 2.45) is 5.92 Å². The zero-order valence-electron chi connectivity index (χ0n) is 16.4.